The molecule has 0 aliphatic carbocycles. The van der Waals surface area contributed by atoms with Crippen molar-refractivity contribution in [3.8, 4) is 0 Å². The Bertz CT molecular complexity index is 517. The summed E-state index contributed by atoms with van der Waals surface area (Å²) in [7, 11) is -0.513. The molecule has 19 heavy (non-hydrogen) atoms. The summed E-state index contributed by atoms with van der Waals surface area (Å²) >= 11 is 0. The lowest BCUT2D eigenvalue weighted by atomic mass is 10.1. The van der Waals surface area contributed by atoms with Gasteiger partial charge in [-0.3, -0.25) is 0 Å². The molecule has 2 aromatic rings. The molecule has 0 saturated heterocycles. The van der Waals surface area contributed by atoms with E-state index in [-0.39, 0.29) is 0 Å². The number of alkyl halides is 3. The van der Waals surface area contributed by atoms with Crippen LogP contribution in [0.3, 0.4) is 0 Å². The van der Waals surface area contributed by atoms with Gasteiger partial charge in [-0.05, 0) is 23.2 Å². The Morgan fingerprint density at radius 3 is 2.00 bits per heavy atom. The van der Waals surface area contributed by atoms with Crippen molar-refractivity contribution in [2.24, 2.45) is 0 Å². The van der Waals surface area contributed by atoms with E-state index in [1.165, 1.54) is 17.3 Å². The summed E-state index contributed by atoms with van der Waals surface area (Å²) in [5, 5.41) is 1.33. The van der Waals surface area contributed by atoms with Gasteiger partial charge in [0.1, 0.15) is 0 Å². The predicted octanol–water partition coefficient (Wildman–Crippen LogP) is 3.26. The van der Waals surface area contributed by atoms with Gasteiger partial charge in [0, 0.05) is 0 Å². The van der Waals surface area contributed by atoms with Crippen LogP contribution in [0.1, 0.15) is 23.6 Å². The smallest absolute Gasteiger partial charge is 0.166 e. The standard InChI is InChI=1S/C15H15F3Si/c1-11(19-14-5-3-2-4-6-14)12-7-9-13(10-8-12)15(16,17)18/h2-11H,19H2,1H3/t11-/m0/s1. The van der Waals surface area contributed by atoms with Crippen LogP contribution in [0.2, 0.25) is 0 Å². The molecule has 0 aliphatic heterocycles. The third kappa shape index (κ3) is 3.70. The van der Waals surface area contributed by atoms with Gasteiger partial charge >= 0.3 is 6.18 Å². The summed E-state index contributed by atoms with van der Waals surface area (Å²) in [5.74, 6) is 0. The Hall–Kier alpha value is -1.55. The average molecular weight is 280 g/mol. The van der Waals surface area contributed by atoms with Crippen molar-refractivity contribution in [2.75, 3.05) is 0 Å². The van der Waals surface area contributed by atoms with Crippen LogP contribution in [0, 0.1) is 0 Å². The zero-order chi connectivity index (χ0) is 13.9. The number of benzene rings is 2. The molecule has 2 aromatic carbocycles. The number of rotatable bonds is 3. The predicted molar refractivity (Wildman–Crippen MR) is 74.5 cm³/mol. The number of hydrogen-bond donors (Lipinski definition) is 0. The molecule has 100 valence electrons. The normalized spacial score (nSPS) is 13.9. The monoisotopic (exact) mass is 280 g/mol. The molecule has 0 spiro atoms. The Morgan fingerprint density at radius 2 is 1.47 bits per heavy atom. The van der Waals surface area contributed by atoms with Crippen LogP contribution < -0.4 is 5.19 Å². The fraction of sp³-hybridized carbons (Fsp3) is 0.200. The highest BCUT2D eigenvalue weighted by Gasteiger charge is 2.30. The molecule has 1 atom stereocenters. The molecule has 4 heteroatoms. The summed E-state index contributed by atoms with van der Waals surface area (Å²) in [4.78, 5) is 0. The fourth-order valence-corrected chi connectivity index (χ4v) is 3.85. The highest BCUT2D eigenvalue weighted by Crippen LogP contribution is 2.29. The first-order valence-corrected chi connectivity index (χ1v) is 7.70. The molecule has 0 nitrogen and oxygen atoms in total. The molecule has 0 aromatic heterocycles. The van der Waals surface area contributed by atoms with E-state index in [9.17, 15) is 13.2 Å². The van der Waals surface area contributed by atoms with Gasteiger partial charge in [-0.2, -0.15) is 13.2 Å². The topological polar surface area (TPSA) is 0 Å². The minimum atomic E-state index is -4.25. The van der Waals surface area contributed by atoms with E-state index >= 15 is 0 Å². The molecule has 0 heterocycles. The van der Waals surface area contributed by atoms with Crippen molar-refractivity contribution < 1.29 is 13.2 Å². The number of halogens is 3. The maximum absolute atomic E-state index is 12.5. The Kier molecular flexibility index (Phi) is 4.10. The van der Waals surface area contributed by atoms with Crippen molar-refractivity contribution in [3.05, 3.63) is 65.7 Å². The van der Waals surface area contributed by atoms with E-state index in [1.807, 2.05) is 18.2 Å². The maximum atomic E-state index is 12.5. The molecule has 2 rings (SSSR count). The molecule has 0 bridgehead atoms. The van der Waals surface area contributed by atoms with Crippen molar-refractivity contribution in [1.82, 2.24) is 0 Å². The van der Waals surface area contributed by atoms with Crippen LogP contribution in [0.4, 0.5) is 13.2 Å². The van der Waals surface area contributed by atoms with E-state index in [2.05, 4.69) is 19.1 Å². The van der Waals surface area contributed by atoms with Gasteiger partial charge in [0.15, 0.2) is 0 Å². The van der Waals surface area contributed by atoms with Crippen molar-refractivity contribution in [2.45, 2.75) is 18.6 Å². The van der Waals surface area contributed by atoms with Gasteiger partial charge in [-0.1, -0.05) is 54.6 Å². The molecule has 0 amide bonds. The van der Waals surface area contributed by atoms with E-state index in [1.54, 1.807) is 12.1 Å². The van der Waals surface area contributed by atoms with Gasteiger partial charge in [0.2, 0.25) is 0 Å². The first-order valence-electron chi connectivity index (χ1n) is 6.18. The van der Waals surface area contributed by atoms with Gasteiger partial charge in [0.05, 0.1) is 15.1 Å². The zero-order valence-corrected chi connectivity index (χ0v) is 12.0. The fourth-order valence-electron chi connectivity index (χ4n) is 2.09. The second kappa shape index (κ2) is 5.61. The summed E-state index contributed by atoms with van der Waals surface area (Å²) in [6.45, 7) is 2.09. The summed E-state index contributed by atoms with van der Waals surface area (Å²) in [6, 6.07) is 15.7. The van der Waals surface area contributed by atoms with Crippen LogP contribution in [0.15, 0.2) is 54.6 Å². The van der Waals surface area contributed by atoms with Crippen LogP contribution >= 0.6 is 0 Å². The minimum absolute atomic E-state index is 0.338. The quantitative estimate of drug-likeness (QED) is 0.757. The van der Waals surface area contributed by atoms with Crippen LogP contribution in [-0.4, -0.2) is 9.52 Å². The Morgan fingerprint density at radius 1 is 0.895 bits per heavy atom. The van der Waals surface area contributed by atoms with E-state index < -0.39 is 21.3 Å². The SMILES string of the molecule is C[C@H]([SiH2]c1ccccc1)c1ccc(C(F)(F)F)cc1. The third-order valence-corrected chi connectivity index (χ3v) is 5.22. The molecule has 0 unspecified atom stereocenters. The Balaban J connectivity index is 2.10. The van der Waals surface area contributed by atoms with E-state index in [0.717, 1.165) is 5.56 Å². The molecular formula is C15H15F3Si. The lowest BCUT2D eigenvalue weighted by Crippen LogP contribution is -2.19. The lowest BCUT2D eigenvalue weighted by Gasteiger charge is -2.13. The second-order valence-corrected chi connectivity index (χ2v) is 7.16. The molecular weight excluding hydrogens is 265 g/mol. The van der Waals surface area contributed by atoms with E-state index in [4.69, 9.17) is 0 Å². The van der Waals surface area contributed by atoms with Crippen LogP contribution in [-0.2, 0) is 6.18 Å². The summed E-state index contributed by atoms with van der Waals surface area (Å²) < 4.78 is 37.4. The highest BCUT2D eigenvalue weighted by atomic mass is 28.2. The van der Waals surface area contributed by atoms with Crippen molar-refractivity contribution >= 4 is 14.7 Å². The van der Waals surface area contributed by atoms with Crippen LogP contribution in [0.5, 0.6) is 0 Å². The van der Waals surface area contributed by atoms with Gasteiger partial charge in [-0.15, -0.1) is 0 Å². The van der Waals surface area contributed by atoms with Gasteiger partial charge in [-0.25, -0.2) is 0 Å². The molecule has 0 saturated carbocycles. The van der Waals surface area contributed by atoms with Gasteiger partial charge in [0.25, 0.3) is 0 Å². The molecule has 0 N–H and O–H groups in total. The molecule has 0 aliphatic rings. The largest absolute Gasteiger partial charge is 0.416 e. The lowest BCUT2D eigenvalue weighted by molar-refractivity contribution is -0.137. The van der Waals surface area contributed by atoms with Crippen LogP contribution in [0.25, 0.3) is 0 Å². The molecule has 0 radical (unpaired) electrons. The third-order valence-electron chi connectivity index (χ3n) is 3.19. The maximum Gasteiger partial charge on any atom is 0.416 e. The summed E-state index contributed by atoms with van der Waals surface area (Å²) in [6.07, 6.45) is -4.25. The average Bonchev–Trinajstić information content (AvgIpc) is 2.39. The second-order valence-electron chi connectivity index (χ2n) is 4.71. The summed E-state index contributed by atoms with van der Waals surface area (Å²) in [5.41, 5.74) is 0.748. The highest BCUT2D eigenvalue weighted by molar-refractivity contribution is 6.54. The number of hydrogen-bond acceptors (Lipinski definition) is 0. The Labute approximate surface area is 113 Å². The minimum Gasteiger partial charge on any atom is -0.166 e. The molecule has 0 fully saturated rings. The van der Waals surface area contributed by atoms with Crippen molar-refractivity contribution in [3.63, 3.8) is 0 Å². The first-order chi connectivity index (χ1) is 8.97. The van der Waals surface area contributed by atoms with Gasteiger partial charge < -0.3 is 0 Å². The van der Waals surface area contributed by atoms with E-state index in [0.29, 0.717) is 5.54 Å². The zero-order valence-electron chi connectivity index (χ0n) is 10.6. The van der Waals surface area contributed by atoms with Crippen molar-refractivity contribution in [1.29, 1.82) is 0 Å². The first kappa shape index (κ1) is 13.9.